The molecule has 1 saturated heterocycles. The van der Waals surface area contributed by atoms with E-state index in [2.05, 4.69) is 18.7 Å². The largest absolute Gasteiger partial charge is 0.340 e. The number of nitrogens with zero attached hydrogens (tertiary/aromatic N) is 4. The zero-order valence-electron chi connectivity index (χ0n) is 21.4. The minimum absolute atomic E-state index is 0.0433. The smallest absolute Gasteiger partial charge is 0.266 e. The number of carbonyl (C=O) groups excluding carboxylic acids is 1. The highest BCUT2D eigenvalue weighted by Crippen LogP contribution is 2.24. The van der Waals surface area contributed by atoms with Crippen molar-refractivity contribution in [2.24, 2.45) is 0 Å². The quantitative estimate of drug-likeness (QED) is 0.397. The number of fused-ring (bicyclic) bond motifs is 1. The van der Waals surface area contributed by atoms with Gasteiger partial charge in [0.25, 0.3) is 5.56 Å². The number of rotatable bonds is 9. The Bertz CT molecular complexity index is 1190. The van der Waals surface area contributed by atoms with Crippen LogP contribution in [-0.2, 0) is 4.79 Å². The minimum atomic E-state index is -0.0556. The average molecular weight is 475 g/mol. The maximum atomic E-state index is 13.6. The number of aromatic nitrogens is 2. The molecule has 2 aromatic carbocycles. The molecule has 0 bridgehead atoms. The summed E-state index contributed by atoms with van der Waals surface area (Å²) in [5.74, 6) is 1.02. The third-order valence-corrected chi connectivity index (χ3v) is 7.18. The van der Waals surface area contributed by atoms with E-state index < -0.39 is 0 Å². The summed E-state index contributed by atoms with van der Waals surface area (Å²) in [6.45, 7) is 9.37. The number of amides is 1. The summed E-state index contributed by atoms with van der Waals surface area (Å²) in [7, 11) is 0. The van der Waals surface area contributed by atoms with Gasteiger partial charge in [-0.3, -0.25) is 19.1 Å². The zero-order chi connectivity index (χ0) is 24.8. The highest BCUT2D eigenvalue weighted by molar-refractivity contribution is 5.78. The lowest BCUT2D eigenvalue weighted by atomic mass is 10.1. The summed E-state index contributed by atoms with van der Waals surface area (Å²) in [5, 5.41) is 0.623. The van der Waals surface area contributed by atoms with Gasteiger partial charge in [-0.25, -0.2) is 4.98 Å². The highest BCUT2D eigenvalue weighted by atomic mass is 16.2. The lowest BCUT2D eigenvalue weighted by molar-refractivity contribution is -0.133. The summed E-state index contributed by atoms with van der Waals surface area (Å²) in [6, 6.07) is 15.5. The second-order valence-electron chi connectivity index (χ2n) is 9.72. The van der Waals surface area contributed by atoms with Crippen LogP contribution < -0.4 is 5.56 Å². The molecule has 4 rings (SSSR count). The molecule has 1 atom stereocenters. The molecule has 0 radical (unpaired) electrons. The number of para-hydroxylation sites is 1. The normalized spacial score (nSPS) is 15.5. The molecule has 6 nitrogen and oxygen atoms in total. The van der Waals surface area contributed by atoms with Gasteiger partial charge in [0.15, 0.2) is 0 Å². The Morgan fingerprint density at radius 3 is 2.34 bits per heavy atom. The van der Waals surface area contributed by atoms with Gasteiger partial charge < -0.3 is 4.90 Å². The Labute approximate surface area is 208 Å². The monoisotopic (exact) mass is 474 g/mol. The number of benzene rings is 2. The van der Waals surface area contributed by atoms with E-state index in [9.17, 15) is 9.59 Å². The van der Waals surface area contributed by atoms with Crippen molar-refractivity contribution in [3.05, 3.63) is 70.3 Å². The van der Waals surface area contributed by atoms with Crippen LogP contribution in [0.3, 0.4) is 0 Å². The number of unbranched alkanes of at least 4 members (excludes halogenated alkanes) is 4. The first-order valence-electron chi connectivity index (χ1n) is 13.1. The van der Waals surface area contributed by atoms with E-state index in [0.29, 0.717) is 11.8 Å². The molecule has 0 spiro atoms. The van der Waals surface area contributed by atoms with Crippen molar-refractivity contribution in [3.63, 3.8) is 0 Å². The molecule has 1 unspecified atom stereocenters. The Balaban J connectivity index is 1.52. The van der Waals surface area contributed by atoms with E-state index in [1.807, 2.05) is 60.4 Å². The van der Waals surface area contributed by atoms with Gasteiger partial charge in [-0.15, -0.1) is 0 Å². The first-order chi connectivity index (χ1) is 17.0. The zero-order valence-corrected chi connectivity index (χ0v) is 21.4. The molecular formula is C29H38N4O2. The minimum Gasteiger partial charge on any atom is -0.340 e. The number of hydrogen-bond donors (Lipinski definition) is 0. The summed E-state index contributed by atoms with van der Waals surface area (Å²) in [5.41, 5.74) is 2.66. The maximum Gasteiger partial charge on any atom is 0.266 e. The van der Waals surface area contributed by atoms with Crippen molar-refractivity contribution in [1.29, 1.82) is 0 Å². The van der Waals surface area contributed by atoms with Crippen LogP contribution in [0, 0.1) is 6.92 Å². The Morgan fingerprint density at radius 2 is 1.63 bits per heavy atom. The van der Waals surface area contributed by atoms with E-state index in [-0.39, 0.29) is 17.5 Å². The van der Waals surface area contributed by atoms with Crippen molar-refractivity contribution in [1.82, 2.24) is 19.4 Å². The van der Waals surface area contributed by atoms with E-state index in [0.717, 1.165) is 61.6 Å². The first kappa shape index (κ1) is 25.1. The molecule has 1 aromatic heterocycles. The van der Waals surface area contributed by atoms with E-state index in [1.165, 1.54) is 19.3 Å². The molecule has 1 aliphatic rings. The molecular weight excluding hydrogens is 436 g/mol. The van der Waals surface area contributed by atoms with Gasteiger partial charge in [0, 0.05) is 32.6 Å². The van der Waals surface area contributed by atoms with Crippen molar-refractivity contribution < 1.29 is 4.79 Å². The van der Waals surface area contributed by atoms with Gasteiger partial charge in [0.1, 0.15) is 5.82 Å². The van der Waals surface area contributed by atoms with Crippen LogP contribution in [0.2, 0.25) is 0 Å². The predicted molar refractivity (Wildman–Crippen MR) is 142 cm³/mol. The second kappa shape index (κ2) is 11.6. The van der Waals surface area contributed by atoms with Crippen LogP contribution >= 0.6 is 0 Å². The Kier molecular flexibility index (Phi) is 8.34. The SMILES string of the molecule is CCCCCCCC(=O)N1CCN(C(C)c2nc3ccccc3c(=O)n2-c2ccc(C)cc2)CC1. The van der Waals surface area contributed by atoms with E-state index in [4.69, 9.17) is 4.98 Å². The molecule has 35 heavy (non-hydrogen) atoms. The standard InChI is InChI=1S/C29H38N4O2/c1-4-5-6-7-8-13-27(34)32-20-18-31(19-21-32)23(3)28-30-26-12-10-9-11-25(26)29(35)33(28)24-16-14-22(2)15-17-24/h9-12,14-17,23H,4-8,13,18-21H2,1-3H3. The van der Waals surface area contributed by atoms with Crippen LogP contribution in [0.15, 0.2) is 53.3 Å². The summed E-state index contributed by atoms with van der Waals surface area (Å²) < 4.78 is 1.76. The fourth-order valence-electron chi connectivity index (χ4n) is 4.93. The topological polar surface area (TPSA) is 58.4 Å². The number of piperazine rings is 1. The molecule has 0 aliphatic carbocycles. The lowest BCUT2D eigenvalue weighted by Crippen LogP contribution is -2.49. The lowest BCUT2D eigenvalue weighted by Gasteiger charge is -2.38. The third kappa shape index (κ3) is 5.81. The Morgan fingerprint density at radius 1 is 0.943 bits per heavy atom. The summed E-state index contributed by atoms with van der Waals surface area (Å²) >= 11 is 0. The van der Waals surface area contributed by atoms with Crippen LogP contribution in [0.4, 0.5) is 0 Å². The Hall–Kier alpha value is -2.99. The predicted octanol–water partition coefficient (Wildman–Crippen LogP) is 5.26. The molecule has 1 amide bonds. The third-order valence-electron chi connectivity index (χ3n) is 7.18. The summed E-state index contributed by atoms with van der Waals surface area (Å²) in [4.78, 5) is 35.6. The van der Waals surface area contributed by atoms with Gasteiger partial charge in [-0.1, -0.05) is 62.4 Å². The molecule has 186 valence electrons. The fraction of sp³-hybridized carbons (Fsp3) is 0.483. The summed E-state index contributed by atoms with van der Waals surface area (Å²) in [6.07, 6.45) is 6.47. The van der Waals surface area contributed by atoms with Gasteiger partial charge in [0.2, 0.25) is 5.91 Å². The van der Waals surface area contributed by atoms with E-state index in [1.54, 1.807) is 4.57 Å². The van der Waals surface area contributed by atoms with Crippen molar-refractivity contribution in [3.8, 4) is 5.69 Å². The average Bonchev–Trinajstić information content (AvgIpc) is 2.89. The molecule has 2 heterocycles. The van der Waals surface area contributed by atoms with Crippen molar-refractivity contribution in [2.45, 2.75) is 65.3 Å². The maximum absolute atomic E-state index is 13.6. The van der Waals surface area contributed by atoms with Crippen molar-refractivity contribution >= 4 is 16.8 Å². The van der Waals surface area contributed by atoms with Crippen LogP contribution in [-0.4, -0.2) is 51.4 Å². The van der Waals surface area contributed by atoms with Gasteiger partial charge in [-0.05, 0) is 44.5 Å². The second-order valence-corrected chi connectivity index (χ2v) is 9.72. The van der Waals surface area contributed by atoms with Gasteiger partial charge in [-0.2, -0.15) is 0 Å². The van der Waals surface area contributed by atoms with Crippen LogP contribution in [0.1, 0.15) is 69.8 Å². The van der Waals surface area contributed by atoms with Crippen molar-refractivity contribution in [2.75, 3.05) is 26.2 Å². The molecule has 1 aliphatic heterocycles. The molecule has 6 heteroatoms. The molecule has 0 saturated carbocycles. The number of carbonyl (C=O) groups is 1. The number of hydrogen-bond acceptors (Lipinski definition) is 4. The van der Waals surface area contributed by atoms with Crippen LogP contribution in [0.5, 0.6) is 0 Å². The molecule has 3 aromatic rings. The molecule has 0 N–H and O–H groups in total. The van der Waals surface area contributed by atoms with Gasteiger partial charge in [0.05, 0.1) is 22.6 Å². The van der Waals surface area contributed by atoms with Crippen LogP contribution in [0.25, 0.3) is 16.6 Å². The molecule has 1 fully saturated rings. The number of aryl methyl sites for hydroxylation is 1. The van der Waals surface area contributed by atoms with Gasteiger partial charge >= 0.3 is 0 Å². The first-order valence-corrected chi connectivity index (χ1v) is 13.1. The fourth-order valence-corrected chi connectivity index (χ4v) is 4.93. The van der Waals surface area contributed by atoms with E-state index >= 15 is 0 Å². The highest BCUT2D eigenvalue weighted by Gasteiger charge is 2.28.